The number of amides is 1. The smallest absolute Gasteiger partial charge is 0.251 e. The number of aromatic amines is 1. The number of hydrogen-bond acceptors (Lipinski definition) is 3. The fraction of sp³-hybridized carbons (Fsp3) is 0.467. The summed E-state index contributed by atoms with van der Waals surface area (Å²) >= 11 is 0. The number of fused-ring (bicyclic) bond motifs is 1. The molecule has 0 fully saturated rings. The predicted octanol–water partition coefficient (Wildman–Crippen LogP) is 2.35. The maximum absolute atomic E-state index is 12.3. The van der Waals surface area contributed by atoms with Gasteiger partial charge in [-0.15, -0.1) is 0 Å². The number of imidazole rings is 1. The molecule has 5 heteroatoms. The Morgan fingerprint density at radius 1 is 1.45 bits per heavy atom. The molecule has 0 radical (unpaired) electrons. The first kappa shape index (κ1) is 14.5. The van der Waals surface area contributed by atoms with Crippen LogP contribution >= 0.6 is 0 Å². The van der Waals surface area contributed by atoms with Crippen molar-refractivity contribution in [2.24, 2.45) is 5.92 Å². The third kappa shape index (κ3) is 3.36. The Balaban J connectivity index is 2.08. The highest BCUT2D eigenvalue weighted by Crippen LogP contribution is 2.12. The van der Waals surface area contributed by atoms with E-state index in [-0.39, 0.29) is 11.9 Å². The number of carbonyl (C=O) groups is 1. The number of nitrogens with one attached hydrogen (secondary N) is 2. The number of carbonyl (C=O) groups excluding carboxylic acids is 1. The molecule has 2 aromatic rings. The summed E-state index contributed by atoms with van der Waals surface area (Å²) in [6.07, 6.45) is 1.62. The molecular weight excluding hydrogens is 254 g/mol. The molecule has 0 bridgehead atoms. The Morgan fingerprint density at radius 2 is 2.25 bits per heavy atom. The molecule has 108 valence electrons. The van der Waals surface area contributed by atoms with Gasteiger partial charge >= 0.3 is 0 Å². The summed E-state index contributed by atoms with van der Waals surface area (Å²) in [6, 6.07) is 5.46. The van der Waals surface area contributed by atoms with Crippen LogP contribution in [0, 0.1) is 5.92 Å². The van der Waals surface area contributed by atoms with Gasteiger partial charge in [0.05, 0.1) is 30.0 Å². The van der Waals surface area contributed by atoms with Crippen LogP contribution in [-0.2, 0) is 4.74 Å². The Morgan fingerprint density at radius 3 is 2.95 bits per heavy atom. The van der Waals surface area contributed by atoms with Crippen molar-refractivity contribution in [1.29, 1.82) is 0 Å². The SMILES string of the molecule is CCOCC(NC(=O)c1ccc2nc[nH]c2c1)C(C)C. The third-order valence-electron chi connectivity index (χ3n) is 3.31. The highest BCUT2D eigenvalue weighted by molar-refractivity contribution is 5.97. The van der Waals surface area contributed by atoms with E-state index in [1.54, 1.807) is 12.4 Å². The van der Waals surface area contributed by atoms with E-state index in [0.29, 0.717) is 24.7 Å². The van der Waals surface area contributed by atoms with Crippen molar-refractivity contribution in [2.45, 2.75) is 26.8 Å². The highest BCUT2D eigenvalue weighted by atomic mass is 16.5. The number of ether oxygens (including phenoxy) is 1. The van der Waals surface area contributed by atoms with Crippen LogP contribution in [0.5, 0.6) is 0 Å². The summed E-state index contributed by atoms with van der Waals surface area (Å²) in [5, 5.41) is 3.03. The number of nitrogens with zero attached hydrogens (tertiary/aromatic N) is 1. The number of benzene rings is 1. The molecule has 1 aromatic carbocycles. The number of aromatic nitrogens is 2. The molecule has 0 aliphatic carbocycles. The molecule has 5 nitrogen and oxygen atoms in total. The first-order valence-electron chi connectivity index (χ1n) is 6.93. The number of H-pyrrole nitrogens is 1. The van der Waals surface area contributed by atoms with E-state index in [0.717, 1.165) is 11.0 Å². The fourth-order valence-corrected chi connectivity index (χ4v) is 1.97. The third-order valence-corrected chi connectivity index (χ3v) is 3.31. The van der Waals surface area contributed by atoms with Crippen LogP contribution in [0.4, 0.5) is 0 Å². The minimum atomic E-state index is -0.0834. The standard InChI is InChI=1S/C15H21N3O2/c1-4-20-8-14(10(2)3)18-15(19)11-5-6-12-13(7-11)17-9-16-12/h5-7,9-10,14H,4,8H2,1-3H3,(H,16,17)(H,18,19). The molecule has 2 rings (SSSR count). The molecular formula is C15H21N3O2. The topological polar surface area (TPSA) is 67.0 Å². The van der Waals surface area contributed by atoms with Crippen molar-refractivity contribution in [3.8, 4) is 0 Å². The van der Waals surface area contributed by atoms with Crippen molar-refractivity contribution in [2.75, 3.05) is 13.2 Å². The second-order valence-corrected chi connectivity index (χ2v) is 5.12. The maximum Gasteiger partial charge on any atom is 0.251 e. The van der Waals surface area contributed by atoms with E-state index >= 15 is 0 Å². The lowest BCUT2D eigenvalue weighted by Crippen LogP contribution is -2.41. The van der Waals surface area contributed by atoms with Crippen molar-refractivity contribution in [1.82, 2.24) is 15.3 Å². The monoisotopic (exact) mass is 275 g/mol. The van der Waals surface area contributed by atoms with Crippen molar-refractivity contribution < 1.29 is 9.53 Å². The van der Waals surface area contributed by atoms with Gasteiger partial charge in [0.1, 0.15) is 0 Å². The zero-order valence-corrected chi connectivity index (χ0v) is 12.1. The van der Waals surface area contributed by atoms with Gasteiger partial charge in [-0.2, -0.15) is 0 Å². The molecule has 0 saturated heterocycles. The molecule has 1 heterocycles. The normalized spacial score (nSPS) is 12.8. The van der Waals surface area contributed by atoms with Crippen LogP contribution in [-0.4, -0.2) is 35.1 Å². The Hall–Kier alpha value is -1.88. The molecule has 0 aliphatic rings. The molecule has 0 spiro atoms. The van der Waals surface area contributed by atoms with Crippen LogP contribution in [0.15, 0.2) is 24.5 Å². The molecule has 1 aromatic heterocycles. The van der Waals surface area contributed by atoms with E-state index < -0.39 is 0 Å². The molecule has 20 heavy (non-hydrogen) atoms. The van der Waals surface area contributed by atoms with E-state index in [1.807, 2.05) is 19.1 Å². The lowest BCUT2D eigenvalue weighted by molar-refractivity contribution is 0.0806. The second kappa shape index (κ2) is 6.52. The first-order chi connectivity index (χ1) is 9.61. The van der Waals surface area contributed by atoms with Gasteiger partial charge in [-0.3, -0.25) is 4.79 Å². The average molecular weight is 275 g/mol. The first-order valence-corrected chi connectivity index (χ1v) is 6.93. The average Bonchev–Trinajstić information content (AvgIpc) is 2.90. The van der Waals surface area contributed by atoms with E-state index in [4.69, 9.17) is 4.74 Å². The quantitative estimate of drug-likeness (QED) is 0.850. The number of rotatable bonds is 6. The lowest BCUT2D eigenvalue weighted by Gasteiger charge is -2.22. The predicted molar refractivity (Wildman–Crippen MR) is 78.7 cm³/mol. The molecule has 0 saturated carbocycles. The summed E-state index contributed by atoms with van der Waals surface area (Å²) in [4.78, 5) is 19.4. The van der Waals surface area contributed by atoms with Crippen molar-refractivity contribution in [3.05, 3.63) is 30.1 Å². The molecule has 2 N–H and O–H groups in total. The van der Waals surface area contributed by atoms with Gasteiger partial charge in [0.2, 0.25) is 0 Å². The van der Waals surface area contributed by atoms with Crippen molar-refractivity contribution in [3.63, 3.8) is 0 Å². The molecule has 1 amide bonds. The van der Waals surface area contributed by atoms with Crippen molar-refractivity contribution >= 4 is 16.9 Å². The molecule has 1 unspecified atom stereocenters. The van der Waals surface area contributed by atoms with Gasteiger partial charge in [0.25, 0.3) is 5.91 Å². The maximum atomic E-state index is 12.3. The zero-order chi connectivity index (χ0) is 14.5. The van der Waals surface area contributed by atoms with Gasteiger partial charge in [0, 0.05) is 12.2 Å². The summed E-state index contributed by atoms with van der Waals surface area (Å²) in [5.74, 6) is 0.237. The van der Waals surface area contributed by atoms with E-state index in [1.165, 1.54) is 0 Å². The zero-order valence-electron chi connectivity index (χ0n) is 12.1. The van der Waals surface area contributed by atoms with Crippen LogP contribution in [0.25, 0.3) is 11.0 Å². The summed E-state index contributed by atoms with van der Waals surface area (Å²) in [7, 11) is 0. The fourth-order valence-electron chi connectivity index (χ4n) is 1.97. The summed E-state index contributed by atoms with van der Waals surface area (Å²) < 4.78 is 5.42. The van der Waals surface area contributed by atoms with Crippen LogP contribution in [0.1, 0.15) is 31.1 Å². The Bertz CT molecular complexity index is 577. The van der Waals surface area contributed by atoms with Gasteiger partial charge in [-0.25, -0.2) is 4.98 Å². The lowest BCUT2D eigenvalue weighted by atomic mass is 10.0. The Labute approximate surface area is 118 Å². The van der Waals surface area contributed by atoms with Gasteiger partial charge in [-0.1, -0.05) is 13.8 Å². The summed E-state index contributed by atoms with van der Waals surface area (Å²) in [5.41, 5.74) is 2.35. The van der Waals surface area contributed by atoms with Crippen LogP contribution in [0.2, 0.25) is 0 Å². The number of hydrogen-bond donors (Lipinski definition) is 2. The largest absolute Gasteiger partial charge is 0.380 e. The minimum Gasteiger partial charge on any atom is -0.380 e. The van der Waals surface area contributed by atoms with Gasteiger partial charge < -0.3 is 15.0 Å². The molecule has 1 atom stereocenters. The van der Waals surface area contributed by atoms with Crippen LogP contribution < -0.4 is 5.32 Å². The van der Waals surface area contributed by atoms with Gasteiger partial charge in [0.15, 0.2) is 0 Å². The van der Waals surface area contributed by atoms with E-state index in [2.05, 4.69) is 29.1 Å². The highest BCUT2D eigenvalue weighted by Gasteiger charge is 2.17. The second-order valence-electron chi connectivity index (χ2n) is 5.12. The van der Waals surface area contributed by atoms with E-state index in [9.17, 15) is 4.79 Å². The summed E-state index contributed by atoms with van der Waals surface area (Å²) in [6.45, 7) is 7.28. The molecule has 0 aliphatic heterocycles. The van der Waals surface area contributed by atoms with Crippen LogP contribution in [0.3, 0.4) is 0 Å². The Kier molecular flexibility index (Phi) is 4.74. The van der Waals surface area contributed by atoms with Gasteiger partial charge in [-0.05, 0) is 31.0 Å². The minimum absolute atomic E-state index is 0.0138.